The van der Waals surface area contributed by atoms with E-state index in [1.807, 2.05) is 0 Å². The van der Waals surface area contributed by atoms with Crippen LogP contribution in [0.5, 0.6) is 0 Å². The summed E-state index contributed by atoms with van der Waals surface area (Å²) in [6, 6.07) is 0. The maximum atomic E-state index is 8.09. The molecule has 0 fully saturated rings. The molecule has 3 heteroatoms. The summed E-state index contributed by atoms with van der Waals surface area (Å²) in [5.41, 5.74) is 0. The van der Waals surface area contributed by atoms with Crippen molar-refractivity contribution in [1.82, 2.24) is 0 Å². The van der Waals surface area contributed by atoms with E-state index in [1.54, 1.807) is 0 Å². The minimum Gasteiger partial charge on any atom is -1.00 e. The van der Waals surface area contributed by atoms with Gasteiger partial charge in [-0.3, -0.25) is 0 Å². The summed E-state index contributed by atoms with van der Waals surface area (Å²) in [7, 11) is 0. The zero-order valence-corrected chi connectivity index (χ0v) is 5.84. The monoisotopic (exact) mass is 116 g/mol. The quantitative estimate of drug-likeness (QED) is 0.389. The molecule has 0 amide bonds. The second kappa shape index (κ2) is 9.84. The van der Waals surface area contributed by atoms with Crippen molar-refractivity contribution in [2.45, 2.75) is 12.8 Å². The molecular weight excluding hydrogens is 104 g/mol. The van der Waals surface area contributed by atoms with Crippen molar-refractivity contribution >= 4 is 23.1 Å². The van der Waals surface area contributed by atoms with Gasteiger partial charge in [0.25, 0.3) is 0 Å². The summed E-state index contributed by atoms with van der Waals surface area (Å²) >= 11 is 0. The van der Waals surface area contributed by atoms with Gasteiger partial charge in [-0.05, 0) is 12.8 Å². The Balaban J connectivity index is -0.0000000417. The van der Waals surface area contributed by atoms with Crippen molar-refractivity contribution in [3.05, 3.63) is 0 Å². The predicted molar refractivity (Wildman–Crippen MR) is 31.4 cm³/mol. The molecule has 0 aromatic carbocycles. The van der Waals surface area contributed by atoms with Gasteiger partial charge in [-0.1, -0.05) is 0 Å². The molecule has 0 saturated heterocycles. The first-order chi connectivity index (χ1) is 2.91. The molecule has 0 heterocycles. The minimum atomic E-state index is 0. The van der Waals surface area contributed by atoms with E-state index >= 15 is 0 Å². The number of aliphatic hydroxyl groups excluding tert-OH is 2. The summed E-state index contributed by atoms with van der Waals surface area (Å²) in [5.74, 6) is 0. The summed E-state index contributed by atoms with van der Waals surface area (Å²) < 4.78 is 0. The summed E-state index contributed by atoms with van der Waals surface area (Å²) in [6.07, 6.45) is 1.44. The molecule has 2 nitrogen and oxygen atoms in total. The molecule has 0 aliphatic heterocycles. The van der Waals surface area contributed by atoms with Crippen LogP contribution >= 0.6 is 0 Å². The standard InChI is InChI=1S/C4H10O2.Mg.2H/c5-3-1-2-4-6;;;/h5-6H,1-4H2;;;/q;+2;2*-1. The fourth-order valence-electron chi connectivity index (χ4n) is 0.224. The summed E-state index contributed by atoms with van der Waals surface area (Å²) in [5, 5.41) is 16.2. The van der Waals surface area contributed by atoms with Gasteiger partial charge in [0.2, 0.25) is 0 Å². The molecule has 0 radical (unpaired) electrons. The number of rotatable bonds is 3. The second-order valence-corrected chi connectivity index (χ2v) is 1.15. The Hall–Kier alpha value is 0.686. The maximum absolute atomic E-state index is 8.09. The topological polar surface area (TPSA) is 40.5 Å². The van der Waals surface area contributed by atoms with Crippen LogP contribution in [0, 0.1) is 0 Å². The molecule has 0 unspecified atom stereocenters. The predicted octanol–water partition coefficient (Wildman–Crippen LogP) is -0.405. The van der Waals surface area contributed by atoms with Gasteiger partial charge in [-0.2, -0.15) is 0 Å². The van der Waals surface area contributed by atoms with Gasteiger partial charge in [-0.25, -0.2) is 0 Å². The van der Waals surface area contributed by atoms with Crippen LogP contribution in [-0.4, -0.2) is 46.5 Å². The van der Waals surface area contributed by atoms with Crippen molar-refractivity contribution in [3.63, 3.8) is 0 Å². The molecule has 0 aliphatic rings. The van der Waals surface area contributed by atoms with Crippen LogP contribution in [0.4, 0.5) is 0 Å². The van der Waals surface area contributed by atoms with E-state index < -0.39 is 0 Å². The van der Waals surface area contributed by atoms with Crippen LogP contribution in [0.3, 0.4) is 0 Å². The largest absolute Gasteiger partial charge is 2.00 e. The SMILES string of the molecule is OCCCCO.[H-].[H-].[Mg+2]. The number of aliphatic hydroxyl groups is 2. The Morgan fingerprint density at radius 2 is 1.29 bits per heavy atom. The third-order valence-electron chi connectivity index (χ3n) is 0.566. The molecule has 0 rings (SSSR count). The van der Waals surface area contributed by atoms with E-state index in [0.29, 0.717) is 0 Å². The van der Waals surface area contributed by atoms with Gasteiger partial charge < -0.3 is 13.1 Å². The smallest absolute Gasteiger partial charge is 1.00 e. The van der Waals surface area contributed by atoms with Crippen molar-refractivity contribution in [2.24, 2.45) is 0 Å². The zero-order valence-electron chi connectivity index (χ0n) is 6.43. The van der Waals surface area contributed by atoms with E-state index in [-0.39, 0.29) is 39.1 Å². The van der Waals surface area contributed by atoms with Crippen LogP contribution < -0.4 is 0 Å². The molecule has 0 spiro atoms. The molecule has 0 bridgehead atoms. The number of hydrogen-bond donors (Lipinski definition) is 2. The van der Waals surface area contributed by atoms with Crippen LogP contribution in [0.15, 0.2) is 0 Å². The van der Waals surface area contributed by atoms with Crippen LogP contribution in [0.2, 0.25) is 0 Å². The third-order valence-corrected chi connectivity index (χ3v) is 0.566. The van der Waals surface area contributed by atoms with Gasteiger partial charge in [0.15, 0.2) is 0 Å². The maximum Gasteiger partial charge on any atom is 2.00 e. The Morgan fingerprint density at radius 1 is 1.00 bits per heavy atom. The first-order valence-corrected chi connectivity index (χ1v) is 2.13. The molecule has 2 N–H and O–H groups in total. The third kappa shape index (κ3) is 10.8. The van der Waals surface area contributed by atoms with Crippen LogP contribution in [-0.2, 0) is 0 Å². The van der Waals surface area contributed by atoms with E-state index in [0.717, 1.165) is 12.8 Å². The van der Waals surface area contributed by atoms with Gasteiger partial charge in [-0.15, -0.1) is 0 Å². The Bertz CT molecular complexity index is 28.5. The van der Waals surface area contributed by atoms with E-state index in [9.17, 15) is 0 Å². The normalized spacial score (nSPS) is 7.71. The van der Waals surface area contributed by atoms with Gasteiger partial charge >= 0.3 is 23.1 Å². The zero-order chi connectivity index (χ0) is 4.83. The van der Waals surface area contributed by atoms with Gasteiger partial charge in [0, 0.05) is 13.2 Å². The first kappa shape index (κ1) is 10.6. The van der Waals surface area contributed by atoms with Crippen molar-refractivity contribution in [2.75, 3.05) is 13.2 Å². The van der Waals surface area contributed by atoms with Crippen LogP contribution in [0.1, 0.15) is 15.7 Å². The van der Waals surface area contributed by atoms with E-state index in [4.69, 9.17) is 10.2 Å². The van der Waals surface area contributed by atoms with Gasteiger partial charge in [0.1, 0.15) is 0 Å². The molecule has 7 heavy (non-hydrogen) atoms. The fourth-order valence-corrected chi connectivity index (χ4v) is 0.224. The van der Waals surface area contributed by atoms with E-state index in [1.165, 1.54) is 0 Å². The van der Waals surface area contributed by atoms with Gasteiger partial charge in [0.05, 0.1) is 0 Å². The fraction of sp³-hybridized carbons (Fsp3) is 1.00. The van der Waals surface area contributed by atoms with E-state index in [2.05, 4.69) is 0 Å². The Morgan fingerprint density at radius 3 is 1.43 bits per heavy atom. The van der Waals surface area contributed by atoms with Crippen molar-refractivity contribution < 1.29 is 13.1 Å². The minimum absolute atomic E-state index is 0. The molecule has 0 aliphatic carbocycles. The van der Waals surface area contributed by atoms with Crippen LogP contribution in [0.25, 0.3) is 0 Å². The van der Waals surface area contributed by atoms with Crippen molar-refractivity contribution in [3.8, 4) is 0 Å². The molecular formula is C4H12MgO2. The summed E-state index contributed by atoms with van der Waals surface area (Å²) in [6.45, 7) is 0.390. The molecule has 42 valence electrons. The molecule has 0 aromatic rings. The first-order valence-electron chi connectivity index (χ1n) is 2.13. The Kier molecular flexibility index (Phi) is 14.9. The summed E-state index contributed by atoms with van der Waals surface area (Å²) in [4.78, 5) is 0. The molecule has 0 saturated carbocycles. The number of hydrogen-bond acceptors (Lipinski definition) is 2. The Labute approximate surface area is 62.7 Å². The molecule has 0 atom stereocenters. The number of unbranched alkanes of at least 4 members (excludes halogenated alkanes) is 1. The van der Waals surface area contributed by atoms with Crippen molar-refractivity contribution in [1.29, 1.82) is 0 Å². The molecule has 0 aromatic heterocycles. The second-order valence-electron chi connectivity index (χ2n) is 1.15. The average Bonchev–Trinajstić information content (AvgIpc) is 1.61. The average molecular weight is 116 g/mol.